The highest BCUT2D eigenvalue weighted by Crippen LogP contribution is 2.39. The SMILES string of the molecule is CC(C)(Oc1ccc(Cl)cc1C(F)F)C(=O)NC1CC2CCC(C1)N2c1ccc(C(=O)NCC(F)F)cn1. The molecule has 2 N–H and O–H groups in total. The summed E-state index contributed by atoms with van der Waals surface area (Å²) in [5.74, 6) is -0.448. The number of benzene rings is 1. The molecule has 2 aliphatic rings. The van der Waals surface area contributed by atoms with Crippen molar-refractivity contribution in [3.8, 4) is 5.75 Å². The molecule has 4 rings (SSSR count). The molecule has 0 radical (unpaired) electrons. The molecular weight excluding hydrogens is 528 g/mol. The van der Waals surface area contributed by atoms with Crippen LogP contribution in [-0.4, -0.2) is 53.5 Å². The summed E-state index contributed by atoms with van der Waals surface area (Å²) in [6.45, 7) is 2.33. The lowest BCUT2D eigenvalue weighted by atomic mass is 9.96. The van der Waals surface area contributed by atoms with Crippen molar-refractivity contribution >= 4 is 29.2 Å². The molecule has 0 saturated carbocycles. The predicted molar refractivity (Wildman–Crippen MR) is 134 cm³/mol. The second-order valence-electron chi connectivity index (χ2n) is 10.0. The van der Waals surface area contributed by atoms with Crippen molar-refractivity contribution in [1.82, 2.24) is 15.6 Å². The molecule has 2 unspecified atom stereocenters. The van der Waals surface area contributed by atoms with Gasteiger partial charge in [0.05, 0.1) is 17.7 Å². The van der Waals surface area contributed by atoms with Crippen molar-refractivity contribution in [2.75, 3.05) is 11.4 Å². The van der Waals surface area contributed by atoms with Crippen molar-refractivity contribution in [1.29, 1.82) is 0 Å². The number of hydrogen-bond donors (Lipinski definition) is 2. The minimum absolute atomic E-state index is 0.100. The second kappa shape index (κ2) is 11.3. The van der Waals surface area contributed by atoms with E-state index in [0.29, 0.717) is 18.7 Å². The molecule has 1 aromatic carbocycles. The van der Waals surface area contributed by atoms with E-state index >= 15 is 0 Å². The fraction of sp³-hybridized carbons (Fsp3) is 0.500. The minimum Gasteiger partial charge on any atom is -0.478 e. The average Bonchev–Trinajstić information content (AvgIpc) is 3.13. The Morgan fingerprint density at radius 2 is 1.82 bits per heavy atom. The van der Waals surface area contributed by atoms with E-state index in [1.165, 1.54) is 32.2 Å². The molecule has 2 saturated heterocycles. The molecule has 2 bridgehead atoms. The van der Waals surface area contributed by atoms with Gasteiger partial charge in [0.2, 0.25) is 0 Å². The quantitative estimate of drug-likeness (QED) is 0.418. The normalized spacial score (nSPS) is 21.1. The van der Waals surface area contributed by atoms with Crippen LogP contribution in [0.2, 0.25) is 5.02 Å². The molecule has 3 heterocycles. The number of carbonyl (C=O) groups is 2. The van der Waals surface area contributed by atoms with Gasteiger partial charge in [-0.15, -0.1) is 0 Å². The summed E-state index contributed by atoms with van der Waals surface area (Å²) in [5.41, 5.74) is -1.59. The van der Waals surface area contributed by atoms with Crippen LogP contribution in [0.25, 0.3) is 0 Å². The van der Waals surface area contributed by atoms with Gasteiger partial charge in [-0.25, -0.2) is 22.5 Å². The van der Waals surface area contributed by atoms with Gasteiger partial charge in [-0.2, -0.15) is 0 Å². The van der Waals surface area contributed by atoms with E-state index in [1.807, 2.05) is 0 Å². The Labute approximate surface area is 222 Å². The van der Waals surface area contributed by atoms with Crippen LogP contribution < -0.4 is 20.3 Å². The van der Waals surface area contributed by atoms with E-state index in [0.717, 1.165) is 18.9 Å². The lowest BCUT2D eigenvalue weighted by molar-refractivity contribution is -0.135. The summed E-state index contributed by atoms with van der Waals surface area (Å²) in [5, 5.41) is 5.32. The number of amides is 2. The Bertz CT molecular complexity index is 1150. The Kier molecular flexibility index (Phi) is 8.34. The number of piperidine rings is 1. The zero-order chi connectivity index (χ0) is 27.6. The van der Waals surface area contributed by atoms with Gasteiger partial charge in [0.1, 0.15) is 11.6 Å². The first-order valence-electron chi connectivity index (χ1n) is 12.3. The van der Waals surface area contributed by atoms with Crippen LogP contribution in [0.3, 0.4) is 0 Å². The van der Waals surface area contributed by atoms with Crippen LogP contribution >= 0.6 is 11.6 Å². The Hall–Kier alpha value is -3.08. The molecule has 2 aromatic rings. The predicted octanol–water partition coefficient (Wildman–Crippen LogP) is 5.14. The lowest BCUT2D eigenvalue weighted by Gasteiger charge is -2.41. The maximum Gasteiger partial charge on any atom is 0.267 e. The van der Waals surface area contributed by atoms with Crippen molar-refractivity contribution in [3.63, 3.8) is 0 Å². The van der Waals surface area contributed by atoms with Gasteiger partial charge in [-0.3, -0.25) is 9.59 Å². The van der Waals surface area contributed by atoms with Gasteiger partial charge in [0.25, 0.3) is 24.7 Å². The smallest absolute Gasteiger partial charge is 0.267 e. The molecule has 1 aromatic heterocycles. The lowest BCUT2D eigenvalue weighted by Crippen LogP contribution is -2.55. The molecule has 0 spiro atoms. The summed E-state index contributed by atoms with van der Waals surface area (Å²) >= 11 is 5.84. The molecule has 2 atom stereocenters. The third kappa shape index (κ3) is 6.31. The number of nitrogens with zero attached hydrogens (tertiary/aromatic N) is 2. The van der Waals surface area contributed by atoms with Crippen LogP contribution in [0.4, 0.5) is 23.4 Å². The fourth-order valence-corrected chi connectivity index (χ4v) is 5.26. The number of pyridine rings is 1. The number of hydrogen-bond acceptors (Lipinski definition) is 5. The highest BCUT2D eigenvalue weighted by atomic mass is 35.5. The largest absolute Gasteiger partial charge is 0.478 e. The number of rotatable bonds is 9. The van der Waals surface area contributed by atoms with Crippen molar-refractivity contribution in [2.24, 2.45) is 0 Å². The van der Waals surface area contributed by atoms with Crippen LogP contribution in [0.15, 0.2) is 36.5 Å². The first kappa shape index (κ1) is 27.9. The molecule has 2 aliphatic heterocycles. The number of nitrogens with one attached hydrogen (secondary N) is 2. The summed E-state index contributed by atoms with van der Waals surface area (Å²) in [4.78, 5) is 31.7. The highest BCUT2D eigenvalue weighted by Gasteiger charge is 2.43. The summed E-state index contributed by atoms with van der Waals surface area (Å²) < 4.78 is 57.3. The van der Waals surface area contributed by atoms with E-state index in [2.05, 4.69) is 20.5 Å². The molecule has 0 aliphatic carbocycles. The topological polar surface area (TPSA) is 83.6 Å². The summed E-state index contributed by atoms with van der Waals surface area (Å²) in [6.07, 6.45) is -0.964. The van der Waals surface area contributed by atoms with Gasteiger partial charge in [-0.1, -0.05) is 11.6 Å². The highest BCUT2D eigenvalue weighted by molar-refractivity contribution is 6.30. The Balaban J connectivity index is 1.37. The zero-order valence-electron chi connectivity index (χ0n) is 20.9. The van der Waals surface area contributed by atoms with Crippen LogP contribution in [0.1, 0.15) is 61.9 Å². The van der Waals surface area contributed by atoms with Crippen LogP contribution in [0, 0.1) is 0 Å². The van der Waals surface area contributed by atoms with Crippen LogP contribution in [0.5, 0.6) is 5.75 Å². The molecular formula is C26H29ClF4N4O3. The van der Waals surface area contributed by atoms with Crippen molar-refractivity contribution < 1.29 is 31.9 Å². The molecule has 2 fully saturated rings. The molecule has 12 heteroatoms. The van der Waals surface area contributed by atoms with Crippen molar-refractivity contribution in [2.45, 2.75) is 76.1 Å². The number of fused-ring (bicyclic) bond motifs is 2. The van der Waals surface area contributed by atoms with Crippen molar-refractivity contribution in [3.05, 3.63) is 52.7 Å². The van der Waals surface area contributed by atoms with Gasteiger partial charge >= 0.3 is 0 Å². The number of halogens is 5. The standard InChI is InChI=1S/C26H29ClF4N4O3/c1-26(2,38-20-7-4-15(27)9-19(20)23(30)31)25(37)34-16-10-17-5-6-18(11-16)35(17)22-8-3-14(12-32-22)24(36)33-13-21(28)29/h3-4,7-9,12,16-18,21,23H,5-6,10-11,13H2,1-2H3,(H,33,36)(H,34,37). The van der Waals surface area contributed by atoms with Gasteiger partial charge in [0.15, 0.2) is 5.60 Å². The molecule has 2 amide bonds. The number of ether oxygens (including phenoxy) is 1. The zero-order valence-corrected chi connectivity index (χ0v) is 21.7. The summed E-state index contributed by atoms with van der Waals surface area (Å²) in [6, 6.07) is 7.22. The third-order valence-electron chi connectivity index (χ3n) is 6.88. The number of aromatic nitrogens is 1. The Morgan fingerprint density at radius 3 is 2.39 bits per heavy atom. The number of alkyl halides is 4. The monoisotopic (exact) mass is 556 g/mol. The third-order valence-corrected chi connectivity index (χ3v) is 7.11. The van der Waals surface area contributed by atoms with E-state index < -0.39 is 36.8 Å². The molecule has 7 nitrogen and oxygen atoms in total. The van der Waals surface area contributed by atoms with Gasteiger partial charge < -0.3 is 20.3 Å². The maximum absolute atomic E-state index is 13.5. The number of carbonyl (C=O) groups excluding carboxylic acids is 2. The summed E-state index contributed by atoms with van der Waals surface area (Å²) in [7, 11) is 0. The first-order valence-corrected chi connectivity index (χ1v) is 12.7. The molecule has 206 valence electrons. The molecule has 38 heavy (non-hydrogen) atoms. The first-order chi connectivity index (χ1) is 17.9. The maximum atomic E-state index is 13.5. The van der Waals surface area contributed by atoms with Crippen LogP contribution in [-0.2, 0) is 4.79 Å². The fourth-order valence-electron chi connectivity index (χ4n) is 5.08. The van der Waals surface area contributed by atoms with E-state index in [9.17, 15) is 27.2 Å². The van der Waals surface area contributed by atoms with E-state index in [1.54, 1.807) is 12.1 Å². The average molecular weight is 557 g/mol. The minimum atomic E-state index is -2.81. The second-order valence-corrected chi connectivity index (χ2v) is 10.5. The van der Waals surface area contributed by atoms with E-state index in [-0.39, 0.29) is 40.0 Å². The van der Waals surface area contributed by atoms with Gasteiger partial charge in [0, 0.05) is 29.3 Å². The Morgan fingerprint density at radius 1 is 1.13 bits per heavy atom. The number of anilines is 1. The van der Waals surface area contributed by atoms with Gasteiger partial charge in [-0.05, 0) is 69.9 Å². The van der Waals surface area contributed by atoms with E-state index in [4.69, 9.17) is 16.3 Å².